The Morgan fingerprint density at radius 1 is 1.06 bits per heavy atom. The lowest BCUT2D eigenvalue weighted by Gasteiger charge is -2.22. The normalized spacial score (nSPS) is 10.4. The summed E-state index contributed by atoms with van der Waals surface area (Å²) in [5.41, 5.74) is 3.72. The Balaban J connectivity index is 1.99. The van der Waals surface area contributed by atoms with Crippen molar-refractivity contribution < 1.29 is 23.9 Å². The number of amides is 1. The summed E-state index contributed by atoms with van der Waals surface area (Å²) in [6.45, 7) is 3.61. The highest BCUT2D eigenvalue weighted by molar-refractivity contribution is 5.96. The number of carbonyl (C=O) groups is 3. The van der Waals surface area contributed by atoms with E-state index in [2.05, 4.69) is 4.74 Å². The second-order valence-electron chi connectivity index (χ2n) is 6.85. The predicted molar refractivity (Wildman–Crippen MR) is 116 cm³/mol. The average molecular weight is 420 g/mol. The Kier molecular flexibility index (Phi) is 8.52. The lowest BCUT2D eigenvalue weighted by Crippen LogP contribution is -2.35. The zero-order valence-electron chi connectivity index (χ0n) is 17.8. The van der Waals surface area contributed by atoms with E-state index in [0.717, 1.165) is 11.1 Å². The minimum Gasteiger partial charge on any atom is -0.465 e. The number of methoxy groups -OCH3 is 1. The molecule has 0 heterocycles. The number of benzene rings is 2. The number of carbonyl (C=O) groups excluding carboxylic acids is 3. The number of aryl methyl sites for hydroxylation is 2. The molecule has 0 aromatic heterocycles. The highest BCUT2D eigenvalue weighted by Gasteiger charge is 2.17. The Labute approximate surface area is 181 Å². The summed E-state index contributed by atoms with van der Waals surface area (Å²) in [5, 5.41) is 8.90. The van der Waals surface area contributed by atoms with E-state index in [1.807, 2.05) is 38.1 Å². The van der Waals surface area contributed by atoms with Gasteiger partial charge >= 0.3 is 11.9 Å². The smallest absolute Gasteiger partial charge is 0.337 e. The van der Waals surface area contributed by atoms with Gasteiger partial charge in [-0.3, -0.25) is 4.79 Å². The van der Waals surface area contributed by atoms with Crippen LogP contribution in [0.3, 0.4) is 0 Å². The summed E-state index contributed by atoms with van der Waals surface area (Å²) in [6, 6.07) is 14.2. The minimum absolute atomic E-state index is 0.161. The summed E-state index contributed by atoms with van der Waals surface area (Å²) >= 11 is 0. The molecule has 7 nitrogen and oxygen atoms in total. The fourth-order valence-electron chi connectivity index (χ4n) is 2.94. The molecular weight excluding hydrogens is 396 g/mol. The fraction of sp³-hybridized carbons (Fsp3) is 0.250. The van der Waals surface area contributed by atoms with E-state index in [4.69, 9.17) is 10.00 Å². The van der Waals surface area contributed by atoms with Crippen molar-refractivity contribution in [3.8, 4) is 6.07 Å². The van der Waals surface area contributed by atoms with Gasteiger partial charge in [0.2, 0.25) is 0 Å². The third kappa shape index (κ3) is 7.12. The van der Waals surface area contributed by atoms with Crippen molar-refractivity contribution in [2.75, 3.05) is 25.2 Å². The molecule has 0 bridgehead atoms. The van der Waals surface area contributed by atoms with Gasteiger partial charge in [-0.15, -0.1) is 0 Å². The molecule has 0 fully saturated rings. The maximum absolute atomic E-state index is 12.7. The van der Waals surface area contributed by atoms with Crippen molar-refractivity contribution in [3.63, 3.8) is 0 Å². The first-order valence-corrected chi connectivity index (χ1v) is 9.63. The number of hydrogen-bond donors (Lipinski definition) is 0. The third-order valence-corrected chi connectivity index (χ3v) is 4.35. The van der Waals surface area contributed by atoms with Crippen molar-refractivity contribution in [2.45, 2.75) is 20.3 Å². The number of nitriles is 1. The molecule has 31 heavy (non-hydrogen) atoms. The van der Waals surface area contributed by atoms with Crippen LogP contribution in [-0.4, -0.2) is 38.1 Å². The van der Waals surface area contributed by atoms with Gasteiger partial charge in [-0.2, -0.15) is 5.26 Å². The summed E-state index contributed by atoms with van der Waals surface area (Å²) in [7, 11) is 1.30. The molecule has 0 aliphatic rings. The standard InChI is InChI=1S/C24H24N2O5/c1-17-13-18(2)15-21(14-17)26(12-4-11-25)22(27)16-31-23(28)10-7-19-5-8-20(9-6-19)24(29)30-3/h5-10,13-15H,4,12,16H2,1-3H3/b10-7-. The zero-order chi connectivity index (χ0) is 22.8. The Morgan fingerprint density at radius 3 is 2.29 bits per heavy atom. The summed E-state index contributed by atoms with van der Waals surface area (Å²) in [4.78, 5) is 37.6. The van der Waals surface area contributed by atoms with Crippen LogP contribution in [0.4, 0.5) is 5.69 Å². The van der Waals surface area contributed by atoms with Crippen molar-refractivity contribution >= 4 is 29.6 Å². The van der Waals surface area contributed by atoms with Crippen LogP contribution in [0, 0.1) is 25.2 Å². The highest BCUT2D eigenvalue weighted by atomic mass is 16.5. The molecular formula is C24H24N2O5. The largest absolute Gasteiger partial charge is 0.465 e. The van der Waals surface area contributed by atoms with Gasteiger partial charge in [0.1, 0.15) is 0 Å². The van der Waals surface area contributed by atoms with Crippen LogP contribution in [-0.2, 0) is 19.1 Å². The number of rotatable bonds is 8. The van der Waals surface area contributed by atoms with E-state index in [-0.39, 0.29) is 13.0 Å². The molecule has 0 aliphatic heterocycles. The lowest BCUT2D eigenvalue weighted by molar-refractivity contribution is -0.142. The van der Waals surface area contributed by atoms with Gasteiger partial charge in [0, 0.05) is 18.3 Å². The molecule has 160 valence electrons. The van der Waals surface area contributed by atoms with Crippen LogP contribution < -0.4 is 4.90 Å². The van der Waals surface area contributed by atoms with Crippen LogP contribution in [0.1, 0.15) is 33.5 Å². The molecule has 0 saturated heterocycles. The molecule has 2 aromatic carbocycles. The first kappa shape index (κ1) is 23.4. The Bertz CT molecular complexity index is 999. The van der Waals surface area contributed by atoms with Crippen LogP contribution in [0.25, 0.3) is 6.08 Å². The van der Waals surface area contributed by atoms with E-state index < -0.39 is 24.5 Å². The molecule has 0 spiro atoms. The maximum Gasteiger partial charge on any atom is 0.337 e. The number of hydrogen-bond acceptors (Lipinski definition) is 6. The van der Waals surface area contributed by atoms with Gasteiger partial charge in [0.05, 0.1) is 25.2 Å². The highest BCUT2D eigenvalue weighted by Crippen LogP contribution is 2.19. The first-order chi connectivity index (χ1) is 14.8. The van der Waals surface area contributed by atoms with Crippen molar-refractivity contribution in [1.29, 1.82) is 5.26 Å². The molecule has 0 radical (unpaired) electrons. The van der Waals surface area contributed by atoms with E-state index in [0.29, 0.717) is 16.8 Å². The van der Waals surface area contributed by atoms with Gasteiger partial charge in [-0.05, 0) is 60.9 Å². The van der Waals surface area contributed by atoms with Crippen molar-refractivity contribution in [1.82, 2.24) is 0 Å². The van der Waals surface area contributed by atoms with Crippen molar-refractivity contribution in [3.05, 3.63) is 70.8 Å². The summed E-state index contributed by atoms with van der Waals surface area (Å²) in [6.07, 6.45) is 2.89. The van der Waals surface area contributed by atoms with E-state index in [1.165, 1.54) is 24.2 Å². The minimum atomic E-state index is -0.675. The van der Waals surface area contributed by atoms with Crippen molar-refractivity contribution in [2.24, 2.45) is 0 Å². The monoisotopic (exact) mass is 420 g/mol. The Hall–Kier alpha value is -3.92. The molecule has 0 aliphatic carbocycles. The maximum atomic E-state index is 12.7. The molecule has 0 unspecified atom stereocenters. The fourth-order valence-corrected chi connectivity index (χ4v) is 2.94. The van der Waals surface area contributed by atoms with Gasteiger partial charge in [0.25, 0.3) is 5.91 Å². The van der Waals surface area contributed by atoms with Crippen LogP contribution in [0.2, 0.25) is 0 Å². The van der Waals surface area contributed by atoms with Gasteiger partial charge in [-0.1, -0.05) is 18.2 Å². The zero-order valence-corrected chi connectivity index (χ0v) is 17.8. The van der Waals surface area contributed by atoms with Gasteiger partial charge in [0.15, 0.2) is 6.61 Å². The topological polar surface area (TPSA) is 96.7 Å². The van der Waals surface area contributed by atoms with Crippen LogP contribution >= 0.6 is 0 Å². The van der Waals surface area contributed by atoms with E-state index in [1.54, 1.807) is 24.3 Å². The first-order valence-electron chi connectivity index (χ1n) is 9.63. The Morgan fingerprint density at radius 2 is 1.71 bits per heavy atom. The summed E-state index contributed by atoms with van der Waals surface area (Å²) < 4.78 is 9.71. The number of ether oxygens (including phenoxy) is 2. The SMILES string of the molecule is COC(=O)c1ccc(/C=C\C(=O)OCC(=O)N(CCC#N)c2cc(C)cc(C)c2)cc1. The lowest BCUT2D eigenvalue weighted by atomic mass is 10.1. The molecule has 2 rings (SSSR count). The molecule has 2 aromatic rings. The molecule has 0 atom stereocenters. The second-order valence-corrected chi connectivity index (χ2v) is 6.85. The van der Waals surface area contributed by atoms with E-state index in [9.17, 15) is 14.4 Å². The van der Waals surface area contributed by atoms with Crippen LogP contribution in [0.5, 0.6) is 0 Å². The molecule has 1 amide bonds. The molecule has 0 saturated carbocycles. The number of nitrogens with zero attached hydrogens (tertiary/aromatic N) is 2. The number of esters is 2. The van der Waals surface area contributed by atoms with Crippen LogP contribution in [0.15, 0.2) is 48.5 Å². The predicted octanol–water partition coefficient (Wildman–Crippen LogP) is 3.59. The second kappa shape index (κ2) is 11.3. The molecule has 0 N–H and O–H groups in total. The quantitative estimate of drug-likeness (QED) is 0.478. The summed E-state index contributed by atoms with van der Waals surface area (Å²) in [5.74, 6) is -1.53. The third-order valence-electron chi connectivity index (χ3n) is 4.35. The average Bonchev–Trinajstić information content (AvgIpc) is 2.75. The molecule has 7 heteroatoms. The number of anilines is 1. The van der Waals surface area contributed by atoms with Gasteiger partial charge < -0.3 is 14.4 Å². The van der Waals surface area contributed by atoms with Gasteiger partial charge in [-0.25, -0.2) is 9.59 Å². The van der Waals surface area contributed by atoms with E-state index >= 15 is 0 Å².